The standard InChI is InChI=1S/C21H20ClN3O4/c22-13-3-1-2-11(6-13)8-23-20(28)15-9-24-10-16-12-4-5-14(7-12)25(16)21(29)17(24)19(27)18(15)26/h1-3,6,9,12,14,16,27H,4-5,7-8,10H2,(H,23,28). The van der Waals surface area contributed by atoms with Crippen LogP contribution >= 0.6 is 11.6 Å². The Morgan fingerprint density at radius 2 is 2.10 bits per heavy atom. The van der Waals surface area contributed by atoms with Crippen molar-refractivity contribution >= 4 is 23.4 Å². The lowest BCUT2D eigenvalue weighted by Crippen LogP contribution is -2.52. The van der Waals surface area contributed by atoms with E-state index in [-0.39, 0.29) is 35.8 Å². The Kier molecular flexibility index (Phi) is 4.17. The van der Waals surface area contributed by atoms with Gasteiger partial charge in [-0.1, -0.05) is 23.7 Å². The van der Waals surface area contributed by atoms with E-state index in [1.54, 1.807) is 22.8 Å². The molecule has 0 spiro atoms. The molecule has 1 saturated heterocycles. The number of hydrogen-bond donors (Lipinski definition) is 2. The molecule has 2 fully saturated rings. The summed E-state index contributed by atoms with van der Waals surface area (Å²) in [7, 11) is 0. The zero-order valence-corrected chi connectivity index (χ0v) is 16.4. The van der Waals surface area contributed by atoms with Crippen LogP contribution in [0.5, 0.6) is 5.75 Å². The first-order valence-corrected chi connectivity index (χ1v) is 10.1. The summed E-state index contributed by atoms with van der Waals surface area (Å²) in [5.74, 6) is -1.11. The average molecular weight is 414 g/mol. The molecule has 3 unspecified atom stereocenters. The van der Waals surface area contributed by atoms with Gasteiger partial charge in [0.1, 0.15) is 5.56 Å². The Morgan fingerprint density at radius 1 is 1.28 bits per heavy atom. The molecule has 1 aliphatic carbocycles. The number of aromatic hydroxyl groups is 1. The highest BCUT2D eigenvalue weighted by atomic mass is 35.5. The highest BCUT2D eigenvalue weighted by molar-refractivity contribution is 6.30. The number of nitrogens with zero attached hydrogens (tertiary/aromatic N) is 2. The summed E-state index contributed by atoms with van der Waals surface area (Å²) in [6.45, 7) is 0.686. The summed E-state index contributed by atoms with van der Waals surface area (Å²) in [5, 5.41) is 13.7. The van der Waals surface area contributed by atoms with Crippen molar-refractivity contribution in [2.24, 2.45) is 5.92 Å². The van der Waals surface area contributed by atoms with Crippen molar-refractivity contribution in [3.63, 3.8) is 0 Å². The second-order valence-corrected chi connectivity index (χ2v) is 8.48. The van der Waals surface area contributed by atoms with Crippen LogP contribution in [0.2, 0.25) is 5.02 Å². The topological polar surface area (TPSA) is 91.6 Å². The van der Waals surface area contributed by atoms with E-state index in [1.807, 2.05) is 11.0 Å². The van der Waals surface area contributed by atoms with E-state index >= 15 is 0 Å². The summed E-state index contributed by atoms with van der Waals surface area (Å²) in [5.41, 5.74) is -0.209. The van der Waals surface area contributed by atoms with Gasteiger partial charge in [0.25, 0.3) is 11.8 Å². The quantitative estimate of drug-likeness (QED) is 0.806. The van der Waals surface area contributed by atoms with Crippen LogP contribution in [0, 0.1) is 5.92 Å². The molecule has 0 radical (unpaired) electrons. The Bertz CT molecular complexity index is 1100. The van der Waals surface area contributed by atoms with Crippen LogP contribution in [0.3, 0.4) is 0 Å². The summed E-state index contributed by atoms with van der Waals surface area (Å²) in [4.78, 5) is 40.1. The van der Waals surface area contributed by atoms with Crippen molar-refractivity contribution < 1.29 is 14.7 Å². The first-order valence-electron chi connectivity index (χ1n) is 9.75. The molecule has 2 aromatic rings. The van der Waals surface area contributed by atoms with Gasteiger partial charge in [0.15, 0.2) is 11.4 Å². The highest BCUT2D eigenvalue weighted by Crippen LogP contribution is 2.45. The Hall–Kier alpha value is -2.80. The minimum atomic E-state index is -0.823. The smallest absolute Gasteiger partial charge is 0.275 e. The van der Waals surface area contributed by atoms with Gasteiger partial charge < -0.3 is 19.9 Å². The van der Waals surface area contributed by atoms with Gasteiger partial charge in [-0.25, -0.2) is 0 Å². The molecule has 5 rings (SSSR count). The number of amides is 2. The molecule has 1 saturated carbocycles. The Morgan fingerprint density at radius 3 is 2.90 bits per heavy atom. The molecular formula is C21H20ClN3O4. The van der Waals surface area contributed by atoms with Crippen LogP contribution in [0.25, 0.3) is 0 Å². The molecule has 3 atom stereocenters. The average Bonchev–Trinajstić information content (AvgIpc) is 3.31. The van der Waals surface area contributed by atoms with E-state index in [1.165, 1.54) is 6.20 Å². The molecule has 1 aromatic carbocycles. The lowest BCUT2D eigenvalue weighted by molar-refractivity contribution is 0.0482. The van der Waals surface area contributed by atoms with Gasteiger partial charge in [0.05, 0.1) is 6.04 Å². The number of nitrogens with one attached hydrogen (secondary N) is 1. The summed E-state index contributed by atoms with van der Waals surface area (Å²) < 4.78 is 1.58. The van der Waals surface area contributed by atoms with Crippen LogP contribution in [0.1, 0.15) is 45.7 Å². The number of hydrogen-bond acceptors (Lipinski definition) is 4. The minimum Gasteiger partial charge on any atom is -0.503 e. The van der Waals surface area contributed by atoms with Crippen molar-refractivity contribution in [1.82, 2.24) is 14.8 Å². The van der Waals surface area contributed by atoms with Gasteiger partial charge in [-0.3, -0.25) is 14.4 Å². The number of benzene rings is 1. The molecule has 2 bridgehead atoms. The molecule has 3 heterocycles. The van der Waals surface area contributed by atoms with Crippen LogP contribution < -0.4 is 10.7 Å². The molecule has 2 N–H and O–H groups in total. The predicted octanol–water partition coefficient (Wildman–Crippen LogP) is 2.14. The maximum atomic E-state index is 13.0. The van der Waals surface area contributed by atoms with Gasteiger partial charge in [0, 0.05) is 30.4 Å². The van der Waals surface area contributed by atoms with Crippen molar-refractivity contribution in [3.8, 4) is 5.75 Å². The third kappa shape index (κ3) is 2.83. The second kappa shape index (κ2) is 6.62. The third-order valence-electron chi connectivity index (χ3n) is 6.40. The normalized spacial score (nSPS) is 24.4. The van der Waals surface area contributed by atoms with Gasteiger partial charge in [0.2, 0.25) is 5.43 Å². The summed E-state index contributed by atoms with van der Waals surface area (Å²) >= 11 is 5.95. The number of halogens is 1. The van der Waals surface area contributed by atoms with E-state index in [2.05, 4.69) is 5.32 Å². The zero-order valence-electron chi connectivity index (χ0n) is 15.6. The fraction of sp³-hybridized carbons (Fsp3) is 0.381. The van der Waals surface area contributed by atoms with E-state index in [4.69, 9.17) is 11.6 Å². The molecule has 2 aliphatic heterocycles. The number of aromatic nitrogens is 1. The van der Waals surface area contributed by atoms with Crippen LogP contribution in [0.15, 0.2) is 35.3 Å². The van der Waals surface area contributed by atoms with E-state index < -0.39 is 17.1 Å². The van der Waals surface area contributed by atoms with E-state index in [9.17, 15) is 19.5 Å². The van der Waals surface area contributed by atoms with Crippen molar-refractivity contribution in [2.75, 3.05) is 0 Å². The minimum absolute atomic E-state index is 0.00908. The first-order chi connectivity index (χ1) is 13.9. The fourth-order valence-electron chi connectivity index (χ4n) is 5.07. The molecular weight excluding hydrogens is 394 g/mol. The number of pyridine rings is 1. The van der Waals surface area contributed by atoms with Crippen molar-refractivity contribution in [1.29, 1.82) is 0 Å². The molecule has 7 nitrogen and oxygen atoms in total. The second-order valence-electron chi connectivity index (χ2n) is 8.04. The number of carbonyl (C=O) groups excluding carboxylic acids is 2. The van der Waals surface area contributed by atoms with Gasteiger partial charge in [-0.2, -0.15) is 0 Å². The molecule has 150 valence electrons. The lowest BCUT2D eigenvalue weighted by Gasteiger charge is -2.40. The highest BCUT2D eigenvalue weighted by Gasteiger charge is 2.51. The molecule has 1 aromatic heterocycles. The van der Waals surface area contributed by atoms with Crippen LogP contribution in [-0.4, -0.2) is 38.5 Å². The van der Waals surface area contributed by atoms with Crippen LogP contribution in [-0.2, 0) is 13.1 Å². The van der Waals surface area contributed by atoms with E-state index in [0.717, 1.165) is 24.8 Å². The Balaban J connectivity index is 1.45. The number of piperidine rings is 1. The SMILES string of the molecule is O=C(NCc1cccc(Cl)c1)c1cn2c(c(O)c1=O)C(=O)N1C3CCC(C3)C1C2. The van der Waals surface area contributed by atoms with Gasteiger partial charge in [-0.05, 0) is 42.9 Å². The maximum absolute atomic E-state index is 13.0. The van der Waals surface area contributed by atoms with Crippen LogP contribution in [0.4, 0.5) is 0 Å². The van der Waals surface area contributed by atoms with Gasteiger partial charge in [-0.15, -0.1) is 0 Å². The number of rotatable bonds is 3. The molecule has 2 amide bonds. The monoisotopic (exact) mass is 413 g/mol. The molecule has 8 heteroatoms. The molecule has 29 heavy (non-hydrogen) atoms. The number of fused-ring (bicyclic) bond motifs is 6. The van der Waals surface area contributed by atoms with Crippen molar-refractivity contribution in [3.05, 3.63) is 62.5 Å². The third-order valence-corrected chi connectivity index (χ3v) is 6.64. The number of carbonyl (C=O) groups is 2. The predicted molar refractivity (Wildman–Crippen MR) is 106 cm³/mol. The first kappa shape index (κ1) is 18.2. The van der Waals surface area contributed by atoms with E-state index in [0.29, 0.717) is 17.5 Å². The fourth-order valence-corrected chi connectivity index (χ4v) is 5.29. The van der Waals surface area contributed by atoms with Gasteiger partial charge >= 0.3 is 0 Å². The maximum Gasteiger partial charge on any atom is 0.275 e. The largest absolute Gasteiger partial charge is 0.503 e. The Labute approximate surface area is 171 Å². The molecule has 3 aliphatic rings. The zero-order chi connectivity index (χ0) is 20.3. The summed E-state index contributed by atoms with van der Waals surface area (Å²) in [6.07, 6.45) is 4.45. The van der Waals surface area contributed by atoms with Crippen molar-refractivity contribution in [2.45, 2.75) is 44.4 Å². The lowest BCUT2D eigenvalue weighted by atomic mass is 9.95. The summed E-state index contributed by atoms with van der Waals surface area (Å²) in [6, 6.07) is 7.31.